The zero-order chi connectivity index (χ0) is 12.8. The highest BCUT2D eigenvalue weighted by Crippen LogP contribution is 2.19. The molecule has 0 fully saturated rings. The van der Waals surface area contributed by atoms with E-state index in [0.29, 0.717) is 12.2 Å². The number of nitrogens with zero attached hydrogens (tertiary/aromatic N) is 3. The number of nitrogens with two attached hydrogens (primary N) is 1. The lowest BCUT2D eigenvalue weighted by atomic mass is 10.2. The molecule has 0 aliphatic carbocycles. The molecule has 0 bridgehead atoms. The number of esters is 1. The Labute approximate surface area is 105 Å². The van der Waals surface area contributed by atoms with Gasteiger partial charge >= 0.3 is 5.97 Å². The highest BCUT2D eigenvalue weighted by molar-refractivity contribution is 7.99. The minimum atomic E-state index is -0.217. The summed E-state index contributed by atoms with van der Waals surface area (Å²) in [5.41, 5.74) is 5.90. The van der Waals surface area contributed by atoms with Gasteiger partial charge in [-0.2, -0.15) is 0 Å². The molecule has 0 radical (unpaired) electrons. The number of thioether (sulfide) groups is 1. The summed E-state index contributed by atoms with van der Waals surface area (Å²) in [4.78, 5) is 10.9. The van der Waals surface area contributed by atoms with E-state index in [4.69, 9.17) is 5.73 Å². The number of hydrogen-bond donors (Lipinski definition) is 1. The third kappa shape index (κ3) is 3.71. The van der Waals surface area contributed by atoms with Gasteiger partial charge in [-0.05, 0) is 6.42 Å². The van der Waals surface area contributed by atoms with Gasteiger partial charge < -0.3 is 15.0 Å². The lowest BCUT2D eigenvalue weighted by Gasteiger charge is -2.08. The number of carbonyl (C=O) groups is 1. The lowest BCUT2D eigenvalue weighted by Crippen LogP contribution is -2.14. The van der Waals surface area contributed by atoms with Gasteiger partial charge in [-0.3, -0.25) is 4.79 Å². The molecule has 1 aromatic heterocycles. The Hall–Kier alpha value is -1.08. The van der Waals surface area contributed by atoms with Crippen molar-refractivity contribution in [1.82, 2.24) is 14.8 Å². The Bertz CT molecular complexity index is 380. The smallest absolute Gasteiger partial charge is 0.306 e. The summed E-state index contributed by atoms with van der Waals surface area (Å²) in [5.74, 6) is 1.18. The van der Waals surface area contributed by atoms with Crippen LogP contribution in [0.25, 0.3) is 0 Å². The van der Waals surface area contributed by atoms with E-state index >= 15 is 0 Å². The molecule has 96 valence electrons. The Morgan fingerprint density at radius 3 is 2.88 bits per heavy atom. The molecule has 0 amide bonds. The van der Waals surface area contributed by atoms with E-state index in [1.165, 1.54) is 18.9 Å². The summed E-state index contributed by atoms with van der Waals surface area (Å²) < 4.78 is 6.44. The summed E-state index contributed by atoms with van der Waals surface area (Å²) in [6.45, 7) is 2.00. The van der Waals surface area contributed by atoms with Crippen LogP contribution in [0.3, 0.4) is 0 Å². The van der Waals surface area contributed by atoms with Crippen LogP contribution in [0.15, 0.2) is 5.16 Å². The molecular formula is C10H18N4O2S. The average Bonchev–Trinajstić information content (AvgIpc) is 2.70. The van der Waals surface area contributed by atoms with E-state index in [1.54, 1.807) is 0 Å². The first kappa shape index (κ1) is 14.0. The summed E-state index contributed by atoms with van der Waals surface area (Å²) >= 11 is 1.47. The van der Waals surface area contributed by atoms with Crippen molar-refractivity contribution in [3.63, 3.8) is 0 Å². The first-order chi connectivity index (χ1) is 8.10. The van der Waals surface area contributed by atoms with Gasteiger partial charge in [0.05, 0.1) is 19.6 Å². The summed E-state index contributed by atoms with van der Waals surface area (Å²) in [6.07, 6.45) is 1.18. The number of aromatic nitrogens is 3. The van der Waals surface area contributed by atoms with Crippen LogP contribution in [0.2, 0.25) is 0 Å². The minimum Gasteiger partial charge on any atom is -0.469 e. The zero-order valence-electron chi connectivity index (χ0n) is 10.3. The lowest BCUT2D eigenvalue weighted by molar-refractivity contribution is -0.140. The van der Waals surface area contributed by atoms with Crippen LogP contribution < -0.4 is 5.73 Å². The number of methoxy groups -OCH3 is 1. The van der Waals surface area contributed by atoms with E-state index < -0.39 is 0 Å². The molecule has 0 aliphatic rings. The third-order valence-corrected chi connectivity index (χ3v) is 3.43. The normalized spacial score (nSPS) is 12.5. The Kier molecular flexibility index (Phi) is 5.43. The van der Waals surface area contributed by atoms with Crippen LogP contribution in [0.5, 0.6) is 0 Å². The van der Waals surface area contributed by atoms with E-state index in [9.17, 15) is 4.79 Å². The van der Waals surface area contributed by atoms with Gasteiger partial charge in [0.2, 0.25) is 0 Å². The fourth-order valence-corrected chi connectivity index (χ4v) is 2.12. The fourth-order valence-electron chi connectivity index (χ4n) is 1.29. The van der Waals surface area contributed by atoms with Crippen molar-refractivity contribution in [2.75, 3.05) is 12.9 Å². The molecule has 1 rings (SSSR count). The second kappa shape index (κ2) is 6.61. The maximum atomic E-state index is 10.9. The van der Waals surface area contributed by atoms with Gasteiger partial charge in [-0.1, -0.05) is 18.7 Å². The van der Waals surface area contributed by atoms with Crippen molar-refractivity contribution >= 4 is 17.7 Å². The van der Waals surface area contributed by atoms with Crippen LogP contribution >= 0.6 is 11.8 Å². The Balaban J connectivity index is 2.55. The second-order valence-electron chi connectivity index (χ2n) is 3.59. The molecular weight excluding hydrogens is 240 g/mol. The van der Waals surface area contributed by atoms with Crippen molar-refractivity contribution in [2.45, 2.75) is 31.0 Å². The Morgan fingerprint density at radius 1 is 1.59 bits per heavy atom. The molecule has 0 saturated carbocycles. The maximum Gasteiger partial charge on any atom is 0.306 e. The van der Waals surface area contributed by atoms with E-state index in [0.717, 1.165) is 17.4 Å². The minimum absolute atomic E-state index is 0.0949. The molecule has 0 aliphatic heterocycles. The average molecular weight is 258 g/mol. The van der Waals surface area contributed by atoms with Gasteiger partial charge in [-0.25, -0.2) is 0 Å². The summed E-state index contributed by atoms with van der Waals surface area (Å²) in [7, 11) is 3.26. The first-order valence-corrected chi connectivity index (χ1v) is 6.43. The van der Waals surface area contributed by atoms with E-state index in [2.05, 4.69) is 14.9 Å². The first-order valence-electron chi connectivity index (χ1n) is 5.44. The van der Waals surface area contributed by atoms with Gasteiger partial charge in [0.15, 0.2) is 5.16 Å². The SMILES string of the molecule is CCC(N)c1nnc(SCCC(=O)OC)n1C. The monoisotopic (exact) mass is 258 g/mol. The standard InChI is InChI=1S/C10H18N4O2S/c1-4-7(11)9-12-13-10(14(9)2)17-6-5-8(15)16-3/h7H,4-6,11H2,1-3H3. The third-order valence-electron chi connectivity index (χ3n) is 2.41. The molecule has 1 unspecified atom stereocenters. The second-order valence-corrected chi connectivity index (χ2v) is 4.65. The highest BCUT2D eigenvalue weighted by atomic mass is 32.2. The predicted molar refractivity (Wildman–Crippen MR) is 65.6 cm³/mol. The number of rotatable bonds is 6. The molecule has 0 saturated heterocycles. The number of carbonyl (C=O) groups excluding carboxylic acids is 1. The number of ether oxygens (including phenoxy) is 1. The maximum absolute atomic E-state index is 10.9. The van der Waals surface area contributed by atoms with Gasteiger partial charge in [-0.15, -0.1) is 10.2 Å². The van der Waals surface area contributed by atoms with Gasteiger partial charge in [0.25, 0.3) is 0 Å². The molecule has 1 heterocycles. The van der Waals surface area contributed by atoms with Crippen molar-refractivity contribution < 1.29 is 9.53 Å². The van der Waals surface area contributed by atoms with E-state index in [-0.39, 0.29) is 12.0 Å². The molecule has 1 aromatic rings. The van der Waals surface area contributed by atoms with Crippen molar-refractivity contribution in [2.24, 2.45) is 12.8 Å². The highest BCUT2D eigenvalue weighted by Gasteiger charge is 2.14. The van der Waals surface area contributed by atoms with Crippen LogP contribution in [0.1, 0.15) is 31.6 Å². The van der Waals surface area contributed by atoms with Crippen LogP contribution in [0.4, 0.5) is 0 Å². The van der Waals surface area contributed by atoms with Crippen LogP contribution in [-0.2, 0) is 16.6 Å². The summed E-state index contributed by atoms with van der Waals surface area (Å²) in [5, 5.41) is 8.88. The van der Waals surface area contributed by atoms with E-state index in [1.807, 2.05) is 18.5 Å². The fraction of sp³-hybridized carbons (Fsp3) is 0.700. The van der Waals surface area contributed by atoms with Crippen molar-refractivity contribution in [3.8, 4) is 0 Å². The van der Waals surface area contributed by atoms with Gasteiger partial charge in [0.1, 0.15) is 5.82 Å². The molecule has 0 aromatic carbocycles. The van der Waals surface area contributed by atoms with Crippen LogP contribution in [0, 0.1) is 0 Å². The Morgan fingerprint density at radius 2 is 2.29 bits per heavy atom. The number of hydrogen-bond acceptors (Lipinski definition) is 6. The molecule has 7 heteroatoms. The molecule has 0 spiro atoms. The molecule has 1 atom stereocenters. The van der Waals surface area contributed by atoms with Gasteiger partial charge in [0, 0.05) is 12.8 Å². The molecule has 17 heavy (non-hydrogen) atoms. The molecule has 6 nitrogen and oxygen atoms in total. The zero-order valence-corrected chi connectivity index (χ0v) is 11.2. The quantitative estimate of drug-likeness (QED) is 0.602. The van der Waals surface area contributed by atoms with Crippen molar-refractivity contribution in [3.05, 3.63) is 5.82 Å². The largest absolute Gasteiger partial charge is 0.469 e. The predicted octanol–water partition coefficient (Wildman–Crippen LogP) is 0.880. The topological polar surface area (TPSA) is 83.0 Å². The van der Waals surface area contributed by atoms with Crippen LogP contribution in [-0.4, -0.2) is 33.6 Å². The summed E-state index contributed by atoms with van der Waals surface area (Å²) in [6, 6.07) is -0.0949. The van der Waals surface area contributed by atoms with Crippen molar-refractivity contribution in [1.29, 1.82) is 0 Å². The molecule has 2 N–H and O–H groups in total.